The van der Waals surface area contributed by atoms with Gasteiger partial charge in [0.2, 0.25) is 0 Å². The van der Waals surface area contributed by atoms with Crippen molar-refractivity contribution in [3.8, 4) is 0 Å². The maximum Gasteiger partial charge on any atom is 0.303 e. The Labute approximate surface area is 100 Å². The normalized spacial score (nSPS) is 10.9. The first-order chi connectivity index (χ1) is 8.13. The van der Waals surface area contributed by atoms with Gasteiger partial charge in [0.05, 0.1) is 0 Å². The minimum Gasteiger partial charge on any atom is -0.481 e. The Morgan fingerprint density at radius 3 is 2.82 bits per heavy atom. The molecule has 0 aliphatic carbocycles. The molecule has 0 radical (unpaired) electrons. The molecule has 0 aliphatic heterocycles. The lowest BCUT2D eigenvalue weighted by Gasteiger charge is -2.00. The van der Waals surface area contributed by atoms with Gasteiger partial charge in [0.1, 0.15) is 0 Å². The van der Waals surface area contributed by atoms with E-state index in [2.05, 4.69) is 24.0 Å². The van der Waals surface area contributed by atoms with Crippen LogP contribution >= 0.6 is 0 Å². The number of fused-ring (bicyclic) bond motifs is 1. The zero-order valence-electron chi connectivity index (χ0n) is 10.2. The molecule has 0 saturated carbocycles. The van der Waals surface area contributed by atoms with E-state index in [-0.39, 0.29) is 6.42 Å². The fraction of sp³-hybridized carbons (Fsp3) is 0.357. The lowest BCUT2D eigenvalue weighted by molar-refractivity contribution is -0.136. The quantitative estimate of drug-likeness (QED) is 0.849. The second-order valence-corrected chi connectivity index (χ2v) is 4.32. The average Bonchev–Trinajstić information content (AvgIpc) is 2.62. The van der Waals surface area contributed by atoms with Crippen LogP contribution in [0.2, 0.25) is 0 Å². The molecule has 0 fully saturated rings. The maximum absolute atomic E-state index is 10.7. The van der Waals surface area contributed by atoms with Gasteiger partial charge in [-0.1, -0.05) is 25.1 Å². The van der Waals surface area contributed by atoms with Crippen LogP contribution < -0.4 is 0 Å². The van der Waals surface area contributed by atoms with Gasteiger partial charge in [-0.25, -0.2) is 0 Å². The summed E-state index contributed by atoms with van der Waals surface area (Å²) in [7, 11) is 0. The third-order valence-electron chi connectivity index (χ3n) is 3.21. The molecule has 17 heavy (non-hydrogen) atoms. The van der Waals surface area contributed by atoms with E-state index >= 15 is 0 Å². The lowest BCUT2D eigenvalue weighted by Crippen LogP contribution is -1.98. The van der Waals surface area contributed by atoms with Gasteiger partial charge >= 0.3 is 5.97 Å². The van der Waals surface area contributed by atoms with E-state index in [4.69, 9.17) is 5.11 Å². The fourth-order valence-electron chi connectivity index (χ4n) is 2.31. The summed E-state index contributed by atoms with van der Waals surface area (Å²) in [5.41, 5.74) is 4.67. The summed E-state index contributed by atoms with van der Waals surface area (Å²) in [6.07, 6.45) is 1.76. The van der Waals surface area contributed by atoms with Crippen LogP contribution in [0, 0.1) is 6.92 Å². The number of nitrogens with one attached hydrogen (secondary N) is 1. The number of benzene rings is 1. The molecule has 1 heterocycles. The Balaban J connectivity index is 2.48. The molecule has 0 atom stereocenters. The zero-order valence-corrected chi connectivity index (χ0v) is 10.2. The molecule has 1 aromatic carbocycles. The van der Waals surface area contributed by atoms with Crippen molar-refractivity contribution >= 4 is 16.9 Å². The molecule has 1 aromatic heterocycles. The first kappa shape index (κ1) is 11.7. The minimum atomic E-state index is -0.745. The summed E-state index contributed by atoms with van der Waals surface area (Å²) >= 11 is 0. The van der Waals surface area contributed by atoms with Crippen molar-refractivity contribution in [2.24, 2.45) is 0 Å². The number of aliphatic carboxylic acids is 1. The predicted molar refractivity (Wildman–Crippen MR) is 68.4 cm³/mol. The summed E-state index contributed by atoms with van der Waals surface area (Å²) < 4.78 is 0. The molecule has 0 spiro atoms. The van der Waals surface area contributed by atoms with Crippen LogP contribution in [0.25, 0.3) is 10.9 Å². The van der Waals surface area contributed by atoms with Crippen molar-refractivity contribution in [2.45, 2.75) is 33.1 Å². The van der Waals surface area contributed by atoms with Crippen LogP contribution in [0.4, 0.5) is 0 Å². The maximum atomic E-state index is 10.7. The Bertz CT molecular complexity index is 555. The number of rotatable bonds is 4. The highest BCUT2D eigenvalue weighted by Gasteiger charge is 2.11. The number of aromatic amines is 1. The van der Waals surface area contributed by atoms with Gasteiger partial charge in [0.25, 0.3) is 0 Å². The van der Waals surface area contributed by atoms with E-state index in [9.17, 15) is 4.79 Å². The van der Waals surface area contributed by atoms with Crippen molar-refractivity contribution in [1.82, 2.24) is 4.98 Å². The molecule has 2 N–H and O–H groups in total. The third kappa shape index (κ3) is 2.18. The van der Waals surface area contributed by atoms with E-state index in [1.165, 1.54) is 10.9 Å². The van der Waals surface area contributed by atoms with Gasteiger partial charge in [0.15, 0.2) is 0 Å². The van der Waals surface area contributed by atoms with Crippen LogP contribution in [-0.4, -0.2) is 16.1 Å². The molecule has 90 valence electrons. The van der Waals surface area contributed by atoms with E-state index in [1.54, 1.807) is 0 Å². The molecule has 2 rings (SSSR count). The topological polar surface area (TPSA) is 53.1 Å². The number of carboxylic acid groups (broad SMARTS) is 1. The first-order valence-electron chi connectivity index (χ1n) is 5.94. The standard InChI is InChI=1S/C14H17NO2/c1-3-10-5-4-6-12-11(7-8-13(16)17)9(2)15-14(10)12/h4-6,15H,3,7-8H2,1-2H3,(H,16,17). The number of aryl methyl sites for hydroxylation is 3. The Morgan fingerprint density at radius 2 is 2.18 bits per heavy atom. The largest absolute Gasteiger partial charge is 0.481 e. The van der Waals surface area contributed by atoms with E-state index < -0.39 is 5.97 Å². The highest BCUT2D eigenvalue weighted by atomic mass is 16.4. The molecule has 3 heteroatoms. The Kier molecular flexibility index (Phi) is 3.18. The van der Waals surface area contributed by atoms with Crippen molar-refractivity contribution < 1.29 is 9.90 Å². The summed E-state index contributed by atoms with van der Waals surface area (Å²) in [6, 6.07) is 6.22. The molecular formula is C14H17NO2. The molecule has 2 aromatic rings. The van der Waals surface area contributed by atoms with Crippen LogP contribution in [0.3, 0.4) is 0 Å². The summed E-state index contributed by atoms with van der Waals surface area (Å²) in [5.74, 6) is -0.745. The van der Waals surface area contributed by atoms with Gasteiger partial charge in [0, 0.05) is 23.0 Å². The van der Waals surface area contributed by atoms with Crippen LogP contribution in [0.1, 0.15) is 30.2 Å². The summed E-state index contributed by atoms with van der Waals surface area (Å²) in [5, 5.41) is 9.94. The van der Waals surface area contributed by atoms with Gasteiger partial charge in [-0.2, -0.15) is 0 Å². The van der Waals surface area contributed by atoms with Gasteiger partial charge in [-0.15, -0.1) is 0 Å². The highest BCUT2D eigenvalue weighted by molar-refractivity contribution is 5.87. The smallest absolute Gasteiger partial charge is 0.303 e. The van der Waals surface area contributed by atoms with Gasteiger partial charge in [-0.3, -0.25) is 4.79 Å². The fourth-order valence-corrected chi connectivity index (χ4v) is 2.31. The van der Waals surface area contributed by atoms with Crippen molar-refractivity contribution in [3.63, 3.8) is 0 Å². The highest BCUT2D eigenvalue weighted by Crippen LogP contribution is 2.26. The predicted octanol–water partition coefficient (Wildman–Crippen LogP) is 3.06. The second-order valence-electron chi connectivity index (χ2n) is 4.32. The SMILES string of the molecule is CCc1cccc2c(CCC(=O)O)c(C)[nH]c12. The number of hydrogen-bond donors (Lipinski definition) is 2. The number of aromatic nitrogens is 1. The second kappa shape index (κ2) is 4.62. The number of carbonyl (C=O) groups is 1. The Hall–Kier alpha value is -1.77. The molecule has 0 saturated heterocycles. The molecule has 3 nitrogen and oxygen atoms in total. The van der Waals surface area contributed by atoms with Crippen molar-refractivity contribution in [1.29, 1.82) is 0 Å². The van der Waals surface area contributed by atoms with Crippen LogP contribution in [-0.2, 0) is 17.6 Å². The summed E-state index contributed by atoms with van der Waals surface area (Å²) in [6.45, 7) is 4.14. The van der Waals surface area contributed by atoms with E-state index in [0.29, 0.717) is 6.42 Å². The van der Waals surface area contributed by atoms with Gasteiger partial charge in [-0.05, 0) is 30.9 Å². The monoisotopic (exact) mass is 231 g/mol. The van der Waals surface area contributed by atoms with E-state index in [1.807, 2.05) is 13.0 Å². The van der Waals surface area contributed by atoms with Crippen molar-refractivity contribution in [3.05, 3.63) is 35.0 Å². The minimum absolute atomic E-state index is 0.185. The molecule has 0 aliphatic rings. The van der Waals surface area contributed by atoms with E-state index in [0.717, 1.165) is 23.2 Å². The molecular weight excluding hydrogens is 214 g/mol. The van der Waals surface area contributed by atoms with Gasteiger partial charge < -0.3 is 10.1 Å². The summed E-state index contributed by atoms with van der Waals surface area (Å²) in [4.78, 5) is 14.0. The third-order valence-corrected chi connectivity index (χ3v) is 3.21. The number of hydrogen-bond acceptors (Lipinski definition) is 1. The Morgan fingerprint density at radius 1 is 1.41 bits per heavy atom. The molecule has 0 unspecified atom stereocenters. The number of H-pyrrole nitrogens is 1. The average molecular weight is 231 g/mol. The van der Waals surface area contributed by atoms with Crippen LogP contribution in [0.15, 0.2) is 18.2 Å². The van der Waals surface area contributed by atoms with Crippen molar-refractivity contribution in [2.75, 3.05) is 0 Å². The zero-order chi connectivity index (χ0) is 12.4. The number of para-hydroxylation sites is 1. The number of carboxylic acids is 1. The van der Waals surface area contributed by atoms with Crippen LogP contribution in [0.5, 0.6) is 0 Å². The molecule has 0 bridgehead atoms. The lowest BCUT2D eigenvalue weighted by atomic mass is 10.0. The first-order valence-corrected chi connectivity index (χ1v) is 5.94. The molecule has 0 amide bonds.